The van der Waals surface area contributed by atoms with Crippen LogP contribution in [-0.2, 0) is 11.2 Å². The second-order valence-corrected chi connectivity index (χ2v) is 8.91. The molecule has 1 atom stereocenters. The molecule has 1 aliphatic rings. The number of aromatic hydroxyl groups is 1. The zero-order chi connectivity index (χ0) is 25.4. The lowest BCUT2D eigenvalue weighted by molar-refractivity contribution is -0.121. The summed E-state index contributed by atoms with van der Waals surface area (Å²) in [5.74, 6) is -0.288. The molecule has 0 saturated heterocycles. The van der Waals surface area contributed by atoms with Crippen LogP contribution in [0.4, 0.5) is 0 Å². The van der Waals surface area contributed by atoms with Crippen molar-refractivity contribution in [3.63, 3.8) is 0 Å². The summed E-state index contributed by atoms with van der Waals surface area (Å²) in [5, 5.41) is 14.9. The highest BCUT2D eigenvalue weighted by Gasteiger charge is 2.28. The van der Waals surface area contributed by atoms with Crippen LogP contribution in [0.3, 0.4) is 0 Å². The standard InChI is InChI=1S/C28H24N4O5/c33-25(29-11-10-18-15-30-21-6-2-1-5-19(18)21)14-20(17-8-9-22-23(13-17)37-16-36-22)26-27(34)31-24-7-3-4-12-32(24)28(26)35/h1-9,12-13,15,20,30,34H,10-11,14,16H2,(H,29,33). The molecule has 1 unspecified atom stereocenters. The van der Waals surface area contributed by atoms with Gasteiger partial charge in [-0.15, -0.1) is 0 Å². The average molecular weight is 497 g/mol. The highest BCUT2D eigenvalue weighted by atomic mass is 16.7. The van der Waals surface area contributed by atoms with Crippen molar-refractivity contribution >= 4 is 22.5 Å². The van der Waals surface area contributed by atoms with Crippen LogP contribution in [0.25, 0.3) is 16.6 Å². The van der Waals surface area contributed by atoms with Crippen molar-refractivity contribution in [3.05, 3.63) is 100 Å². The molecule has 5 aromatic rings. The molecule has 37 heavy (non-hydrogen) atoms. The number of pyridine rings is 1. The van der Waals surface area contributed by atoms with Crippen molar-refractivity contribution in [1.29, 1.82) is 0 Å². The smallest absolute Gasteiger partial charge is 0.265 e. The number of fused-ring (bicyclic) bond motifs is 3. The van der Waals surface area contributed by atoms with Crippen molar-refractivity contribution < 1.29 is 19.4 Å². The first-order valence-corrected chi connectivity index (χ1v) is 12.0. The maximum Gasteiger partial charge on any atom is 0.265 e. The van der Waals surface area contributed by atoms with Gasteiger partial charge in [0.1, 0.15) is 5.65 Å². The lowest BCUT2D eigenvalue weighted by Gasteiger charge is -2.19. The summed E-state index contributed by atoms with van der Waals surface area (Å²) in [4.78, 5) is 34.0. The summed E-state index contributed by atoms with van der Waals surface area (Å²) in [6.07, 6.45) is 4.13. The second kappa shape index (κ2) is 9.34. The molecule has 1 aliphatic heterocycles. The normalized spacial score (nSPS) is 13.2. The molecule has 9 heteroatoms. The third-order valence-corrected chi connectivity index (χ3v) is 6.68. The second-order valence-electron chi connectivity index (χ2n) is 8.91. The summed E-state index contributed by atoms with van der Waals surface area (Å²) in [6, 6.07) is 18.3. The predicted octanol–water partition coefficient (Wildman–Crippen LogP) is 3.49. The number of aromatic amines is 1. The van der Waals surface area contributed by atoms with E-state index in [1.54, 1.807) is 42.6 Å². The lowest BCUT2D eigenvalue weighted by Crippen LogP contribution is -2.30. The van der Waals surface area contributed by atoms with Gasteiger partial charge in [0, 0.05) is 42.2 Å². The summed E-state index contributed by atoms with van der Waals surface area (Å²) >= 11 is 0. The van der Waals surface area contributed by atoms with E-state index in [-0.39, 0.29) is 24.7 Å². The number of nitrogens with one attached hydrogen (secondary N) is 2. The van der Waals surface area contributed by atoms with Crippen molar-refractivity contribution in [3.8, 4) is 17.4 Å². The number of carbonyl (C=O) groups is 1. The van der Waals surface area contributed by atoms with E-state index < -0.39 is 17.4 Å². The van der Waals surface area contributed by atoms with E-state index in [2.05, 4.69) is 15.3 Å². The van der Waals surface area contributed by atoms with Crippen LogP contribution in [0.1, 0.15) is 29.0 Å². The fraction of sp³-hybridized carbons (Fsp3) is 0.179. The molecule has 0 saturated carbocycles. The molecule has 0 radical (unpaired) electrons. The third kappa shape index (κ3) is 4.24. The van der Waals surface area contributed by atoms with E-state index in [1.807, 2.05) is 30.5 Å². The van der Waals surface area contributed by atoms with Crippen LogP contribution in [0.5, 0.6) is 17.4 Å². The van der Waals surface area contributed by atoms with E-state index in [0.29, 0.717) is 35.7 Å². The van der Waals surface area contributed by atoms with Gasteiger partial charge in [-0.05, 0) is 47.9 Å². The Morgan fingerprint density at radius 1 is 1.11 bits per heavy atom. The zero-order valence-electron chi connectivity index (χ0n) is 19.8. The van der Waals surface area contributed by atoms with Crippen LogP contribution >= 0.6 is 0 Å². The first-order valence-electron chi connectivity index (χ1n) is 12.0. The summed E-state index contributed by atoms with van der Waals surface area (Å²) in [5.41, 5.74) is 2.73. The van der Waals surface area contributed by atoms with Crippen LogP contribution < -0.4 is 20.3 Å². The van der Waals surface area contributed by atoms with E-state index >= 15 is 0 Å². The third-order valence-electron chi connectivity index (χ3n) is 6.68. The molecular formula is C28H24N4O5. The topological polar surface area (TPSA) is 118 Å². The Morgan fingerprint density at radius 2 is 1.95 bits per heavy atom. The summed E-state index contributed by atoms with van der Waals surface area (Å²) in [6.45, 7) is 0.526. The Hall–Kier alpha value is -4.79. The predicted molar refractivity (Wildman–Crippen MR) is 137 cm³/mol. The fourth-order valence-corrected chi connectivity index (χ4v) is 4.85. The van der Waals surface area contributed by atoms with Gasteiger partial charge in [-0.25, -0.2) is 0 Å². The molecule has 0 aliphatic carbocycles. The fourth-order valence-electron chi connectivity index (χ4n) is 4.85. The van der Waals surface area contributed by atoms with E-state index in [4.69, 9.17) is 9.47 Å². The van der Waals surface area contributed by atoms with Gasteiger partial charge in [0.2, 0.25) is 18.6 Å². The van der Waals surface area contributed by atoms with Gasteiger partial charge in [-0.2, -0.15) is 4.98 Å². The Morgan fingerprint density at radius 3 is 2.86 bits per heavy atom. The molecule has 0 spiro atoms. The van der Waals surface area contributed by atoms with E-state index in [0.717, 1.165) is 16.5 Å². The number of hydrogen-bond donors (Lipinski definition) is 3. The van der Waals surface area contributed by atoms with E-state index in [1.165, 1.54) is 4.40 Å². The number of para-hydroxylation sites is 1. The highest BCUT2D eigenvalue weighted by Crippen LogP contribution is 2.38. The first kappa shape index (κ1) is 22.7. The Bertz CT molecular complexity index is 1690. The number of rotatable bonds is 7. The molecule has 1 amide bonds. The number of carbonyl (C=O) groups excluding carboxylic acids is 1. The Balaban J connectivity index is 1.29. The molecule has 6 rings (SSSR count). The minimum atomic E-state index is -0.750. The summed E-state index contributed by atoms with van der Waals surface area (Å²) in [7, 11) is 0. The molecule has 3 aromatic heterocycles. The maximum atomic E-state index is 13.4. The molecule has 9 nitrogen and oxygen atoms in total. The average Bonchev–Trinajstić information content (AvgIpc) is 3.55. The van der Waals surface area contributed by atoms with Gasteiger partial charge in [0.25, 0.3) is 5.56 Å². The lowest BCUT2D eigenvalue weighted by atomic mass is 9.89. The molecule has 2 aromatic carbocycles. The quantitative estimate of drug-likeness (QED) is 0.318. The van der Waals surface area contributed by atoms with Crippen molar-refractivity contribution in [2.45, 2.75) is 18.8 Å². The van der Waals surface area contributed by atoms with Crippen LogP contribution in [0.2, 0.25) is 0 Å². The Kier molecular flexibility index (Phi) is 5.72. The minimum Gasteiger partial charge on any atom is -0.493 e. The van der Waals surface area contributed by atoms with Crippen LogP contribution in [-0.4, -0.2) is 38.7 Å². The largest absolute Gasteiger partial charge is 0.493 e. The van der Waals surface area contributed by atoms with Crippen molar-refractivity contribution in [2.75, 3.05) is 13.3 Å². The molecular weight excluding hydrogens is 472 g/mol. The number of H-pyrrole nitrogens is 1. The van der Waals surface area contributed by atoms with Gasteiger partial charge in [-0.1, -0.05) is 30.3 Å². The van der Waals surface area contributed by atoms with Gasteiger partial charge >= 0.3 is 0 Å². The molecule has 0 fully saturated rings. The molecule has 4 heterocycles. The number of ether oxygens (including phenoxy) is 2. The maximum absolute atomic E-state index is 13.4. The van der Waals surface area contributed by atoms with Crippen LogP contribution in [0, 0.1) is 0 Å². The molecule has 3 N–H and O–H groups in total. The SMILES string of the molecule is O=C(CC(c1ccc2c(c1)OCO2)c1c(O)nc2ccccn2c1=O)NCCc1c[nH]c2ccccc12. The van der Waals surface area contributed by atoms with Gasteiger partial charge in [-0.3, -0.25) is 14.0 Å². The first-order chi connectivity index (χ1) is 18.1. The number of amides is 1. The summed E-state index contributed by atoms with van der Waals surface area (Å²) < 4.78 is 12.3. The number of hydrogen-bond acceptors (Lipinski definition) is 6. The van der Waals surface area contributed by atoms with Gasteiger partial charge < -0.3 is 24.9 Å². The number of aromatic nitrogens is 3. The highest BCUT2D eigenvalue weighted by molar-refractivity contribution is 5.83. The zero-order valence-corrected chi connectivity index (χ0v) is 19.8. The van der Waals surface area contributed by atoms with Gasteiger partial charge in [0.05, 0.1) is 5.56 Å². The monoisotopic (exact) mass is 496 g/mol. The number of benzene rings is 2. The van der Waals surface area contributed by atoms with E-state index in [9.17, 15) is 14.7 Å². The van der Waals surface area contributed by atoms with Crippen LogP contribution in [0.15, 0.2) is 77.9 Å². The minimum absolute atomic E-state index is 0.0503. The Labute approximate surface area is 211 Å². The number of nitrogens with zero attached hydrogens (tertiary/aromatic N) is 2. The molecule has 186 valence electrons. The van der Waals surface area contributed by atoms with Crippen molar-refractivity contribution in [1.82, 2.24) is 19.7 Å². The van der Waals surface area contributed by atoms with Crippen molar-refractivity contribution in [2.24, 2.45) is 0 Å². The van der Waals surface area contributed by atoms with Gasteiger partial charge in [0.15, 0.2) is 11.5 Å². The molecule has 0 bridgehead atoms.